The highest BCUT2D eigenvalue weighted by atomic mass is 35.5. The zero-order valence-corrected chi connectivity index (χ0v) is 11.6. The summed E-state index contributed by atoms with van der Waals surface area (Å²) in [5, 5.41) is 0. The highest BCUT2D eigenvalue weighted by molar-refractivity contribution is 7.86. The van der Waals surface area contributed by atoms with E-state index >= 15 is 0 Å². The van der Waals surface area contributed by atoms with Crippen molar-refractivity contribution in [1.29, 1.82) is 0 Å². The Kier molecular flexibility index (Phi) is 5.43. The van der Waals surface area contributed by atoms with E-state index in [1.54, 1.807) is 12.1 Å². The first-order valence-electron chi connectivity index (χ1n) is 5.59. The minimum atomic E-state index is -3.74. The van der Waals surface area contributed by atoms with Crippen LogP contribution in [-0.4, -0.2) is 14.0 Å². The molecule has 0 saturated heterocycles. The van der Waals surface area contributed by atoms with Gasteiger partial charge in [0.2, 0.25) is 0 Å². The minimum Gasteiger partial charge on any atom is -0.247 e. The quantitative estimate of drug-likeness (QED) is 0.590. The Hall–Kier alpha value is -0.580. The van der Waals surface area contributed by atoms with Gasteiger partial charge in [-0.1, -0.05) is 42.6 Å². The second-order valence-corrected chi connectivity index (χ2v) is 5.97. The van der Waals surface area contributed by atoms with E-state index in [1.807, 2.05) is 13.8 Å². The fourth-order valence-electron chi connectivity index (χ4n) is 1.31. The molecule has 1 aromatic rings. The van der Waals surface area contributed by atoms with Crippen LogP contribution in [0.1, 0.15) is 31.7 Å². The van der Waals surface area contributed by atoms with Crippen molar-refractivity contribution in [3.05, 3.63) is 29.8 Å². The number of benzene rings is 1. The first-order valence-corrected chi connectivity index (χ1v) is 7.44. The van der Waals surface area contributed by atoms with E-state index in [1.165, 1.54) is 12.1 Å². The molecule has 0 heterocycles. The summed E-state index contributed by atoms with van der Waals surface area (Å²) in [6.07, 6.45) is 2.33. The fourth-order valence-corrected chi connectivity index (χ4v) is 2.70. The molecule has 1 aromatic carbocycles. The van der Waals surface area contributed by atoms with E-state index in [0.717, 1.165) is 18.4 Å². The van der Waals surface area contributed by atoms with Crippen molar-refractivity contribution in [3.63, 3.8) is 0 Å². The van der Waals surface area contributed by atoms with Crippen molar-refractivity contribution in [2.45, 2.75) is 43.6 Å². The molecule has 0 aliphatic heterocycles. The van der Waals surface area contributed by atoms with Gasteiger partial charge in [0.15, 0.2) is 5.56 Å². The molecule has 0 N–H and O–H groups in total. The fraction of sp³-hybridized carbons (Fsp3) is 0.500. The number of halogens is 1. The molecule has 1 unspecified atom stereocenters. The smallest absolute Gasteiger partial charge is 0.247 e. The maximum atomic E-state index is 11.8. The highest BCUT2D eigenvalue weighted by Gasteiger charge is 2.19. The standard InChI is InChI=1S/C12H17ClO3S/c1-3-4-5-12(13)16-17(14,15)11-8-6-10(2)7-9-11/h6-9,12H,3-5H2,1-2H3. The molecule has 0 fully saturated rings. The Morgan fingerprint density at radius 2 is 1.88 bits per heavy atom. The van der Waals surface area contributed by atoms with Gasteiger partial charge in [0, 0.05) is 0 Å². The zero-order valence-electron chi connectivity index (χ0n) is 10.0. The van der Waals surface area contributed by atoms with Crippen LogP contribution in [0.3, 0.4) is 0 Å². The molecule has 3 nitrogen and oxygen atoms in total. The van der Waals surface area contributed by atoms with Crippen molar-refractivity contribution in [1.82, 2.24) is 0 Å². The molecule has 1 atom stereocenters. The van der Waals surface area contributed by atoms with E-state index in [-0.39, 0.29) is 4.90 Å². The van der Waals surface area contributed by atoms with E-state index in [4.69, 9.17) is 15.8 Å². The van der Waals surface area contributed by atoms with Crippen LogP contribution in [0.15, 0.2) is 29.2 Å². The summed E-state index contributed by atoms with van der Waals surface area (Å²) >= 11 is 5.82. The number of rotatable bonds is 6. The van der Waals surface area contributed by atoms with Gasteiger partial charge >= 0.3 is 0 Å². The van der Waals surface area contributed by atoms with Crippen LogP contribution in [-0.2, 0) is 14.3 Å². The van der Waals surface area contributed by atoms with Gasteiger partial charge in [0.1, 0.15) is 0 Å². The van der Waals surface area contributed by atoms with Gasteiger partial charge in [-0.2, -0.15) is 8.42 Å². The summed E-state index contributed by atoms with van der Waals surface area (Å²) in [6, 6.07) is 6.50. The Balaban J connectivity index is 2.71. The van der Waals surface area contributed by atoms with Crippen LogP contribution in [0.4, 0.5) is 0 Å². The SMILES string of the molecule is CCCCC(Cl)OS(=O)(=O)c1ccc(C)cc1. The van der Waals surface area contributed by atoms with Gasteiger partial charge in [0.25, 0.3) is 10.1 Å². The van der Waals surface area contributed by atoms with Gasteiger partial charge in [-0.3, -0.25) is 0 Å². The third-order valence-electron chi connectivity index (χ3n) is 2.33. The van der Waals surface area contributed by atoms with Gasteiger partial charge < -0.3 is 0 Å². The van der Waals surface area contributed by atoms with Crippen LogP contribution in [0.25, 0.3) is 0 Å². The Morgan fingerprint density at radius 1 is 1.29 bits per heavy atom. The topological polar surface area (TPSA) is 43.4 Å². The average Bonchev–Trinajstić information content (AvgIpc) is 2.26. The van der Waals surface area contributed by atoms with Crippen molar-refractivity contribution < 1.29 is 12.6 Å². The summed E-state index contributed by atoms with van der Waals surface area (Å²) < 4.78 is 28.5. The number of hydrogen-bond acceptors (Lipinski definition) is 3. The van der Waals surface area contributed by atoms with Crippen molar-refractivity contribution in [2.75, 3.05) is 0 Å². The predicted octanol–water partition coefficient (Wildman–Crippen LogP) is 3.46. The van der Waals surface area contributed by atoms with Crippen LogP contribution in [0.5, 0.6) is 0 Å². The summed E-state index contributed by atoms with van der Waals surface area (Å²) in [4.78, 5) is 0.144. The molecule has 0 bridgehead atoms. The molecular formula is C12H17ClO3S. The molecular weight excluding hydrogens is 260 g/mol. The Morgan fingerprint density at radius 3 is 2.41 bits per heavy atom. The highest BCUT2D eigenvalue weighted by Crippen LogP contribution is 2.19. The van der Waals surface area contributed by atoms with Crippen LogP contribution in [0.2, 0.25) is 0 Å². The Labute approximate surface area is 108 Å². The molecule has 17 heavy (non-hydrogen) atoms. The average molecular weight is 277 g/mol. The van der Waals surface area contributed by atoms with E-state index < -0.39 is 15.7 Å². The molecule has 0 amide bonds. The van der Waals surface area contributed by atoms with Crippen LogP contribution in [0, 0.1) is 6.92 Å². The lowest BCUT2D eigenvalue weighted by atomic mass is 10.2. The first kappa shape index (κ1) is 14.5. The molecule has 0 spiro atoms. The van der Waals surface area contributed by atoms with Gasteiger partial charge in [-0.25, -0.2) is 4.18 Å². The predicted molar refractivity (Wildman–Crippen MR) is 68.6 cm³/mol. The van der Waals surface area contributed by atoms with Crippen molar-refractivity contribution in [3.8, 4) is 0 Å². The first-order chi connectivity index (χ1) is 7.95. The lowest BCUT2D eigenvalue weighted by Crippen LogP contribution is -2.13. The van der Waals surface area contributed by atoms with E-state index in [0.29, 0.717) is 6.42 Å². The lowest BCUT2D eigenvalue weighted by molar-refractivity contribution is 0.271. The molecule has 1 rings (SSSR count). The molecule has 0 aliphatic carbocycles. The van der Waals surface area contributed by atoms with E-state index in [9.17, 15) is 8.42 Å². The second kappa shape index (κ2) is 6.38. The third kappa shape index (κ3) is 4.66. The van der Waals surface area contributed by atoms with Gasteiger partial charge in [-0.15, -0.1) is 0 Å². The summed E-state index contributed by atoms with van der Waals surface area (Å²) in [6.45, 7) is 3.90. The monoisotopic (exact) mass is 276 g/mol. The van der Waals surface area contributed by atoms with Crippen LogP contribution < -0.4 is 0 Å². The maximum absolute atomic E-state index is 11.8. The van der Waals surface area contributed by atoms with Gasteiger partial charge in [0.05, 0.1) is 4.90 Å². The zero-order chi connectivity index (χ0) is 12.9. The van der Waals surface area contributed by atoms with Crippen molar-refractivity contribution >= 4 is 21.7 Å². The lowest BCUT2D eigenvalue weighted by Gasteiger charge is -2.10. The molecule has 0 saturated carbocycles. The molecule has 0 aliphatic rings. The number of hydrogen-bond donors (Lipinski definition) is 0. The molecule has 96 valence electrons. The molecule has 5 heteroatoms. The number of alkyl halides is 1. The molecule has 0 aromatic heterocycles. The Bertz CT molecular complexity index is 439. The van der Waals surface area contributed by atoms with Crippen LogP contribution >= 0.6 is 11.6 Å². The number of aryl methyl sites for hydroxylation is 1. The van der Waals surface area contributed by atoms with E-state index in [2.05, 4.69) is 0 Å². The normalized spacial score (nSPS) is 13.6. The second-order valence-electron chi connectivity index (χ2n) is 3.92. The van der Waals surface area contributed by atoms with Crippen molar-refractivity contribution in [2.24, 2.45) is 0 Å². The third-order valence-corrected chi connectivity index (χ3v) is 4.07. The molecule has 0 radical (unpaired) electrons. The largest absolute Gasteiger partial charge is 0.298 e. The maximum Gasteiger partial charge on any atom is 0.298 e. The van der Waals surface area contributed by atoms with Gasteiger partial charge in [-0.05, 0) is 31.9 Å². The summed E-state index contributed by atoms with van der Waals surface area (Å²) in [5.41, 5.74) is 0.207. The minimum absolute atomic E-state index is 0.144. The summed E-state index contributed by atoms with van der Waals surface area (Å²) in [7, 11) is -3.74. The number of unbranched alkanes of at least 4 members (excludes halogenated alkanes) is 1. The summed E-state index contributed by atoms with van der Waals surface area (Å²) in [5.74, 6) is 0.